The average Bonchev–Trinajstić information content (AvgIpc) is 2.20. The number of nitrogens with zero attached hydrogens (tertiary/aromatic N) is 1. The zero-order chi connectivity index (χ0) is 14.2. The van der Waals surface area contributed by atoms with Crippen LogP contribution < -0.4 is 0 Å². The summed E-state index contributed by atoms with van der Waals surface area (Å²) in [4.78, 5) is 21.8. The minimum atomic E-state index is -0.438. The van der Waals surface area contributed by atoms with Crippen LogP contribution in [0.3, 0.4) is 0 Å². The van der Waals surface area contributed by atoms with E-state index in [9.17, 15) is 14.9 Å². The van der Waals surface area contributed by atoms with Crippen molar-refractivity contribution in [3.8, 4) is 0 Å². The van der Waals surface area contributed by atoms with Gasteiger partial charge in [0.05, 0.1) is 0 Å². The molecule has 1 unspecified atom stereocenters. The lowest BCUT2D eigenvalue weighted by molar-refractivity contribution is -0.523. The molecule has 0 radical (unpaired) electrons. The molecule has 0 aliphatic rings. The zero-order valence-electron chi connectivity index (χ0n) is 11.9. The molecule has 5 heteroatoms. The minimum absolute atomic E-state index is 0.191. The second-order valence-electron chi connectivity index (χ2n) is 5.53. The molecule has 0 aliphatic heterocycles. The smallest absolute Gasteiger partial charge is 0.306 e. The van der Waals surface area contributed by atoms with E-state index in [1.807, 2.05) is 27.7 Å². The summed E-state index contributed by atoms with van der Waals surface area (Å²) in [7, 11) is 0. The maximum atomic E-state index is 11.4. The van der Waals surface area contributed by atoms with E-state index in [2.05, 4.69) is 0 Å². The fourth-order valence-corrected chi connectivity index (χ4v) is 1.68. The number of ether oxygens (including phenoxy) is 1. The van der Waals surface area contributed by atoms with Gasteiger partial charge in [0, 0.05) is 24.2 Å². The summed E-state index contributed by atoms with van der Waals surface area (Å²) in [5, 5.41) is 10.6. The monoisotopic (exact) mass is 259 g/mol. The third kappa shape index (κ3) is 8.96. The molecule has 18 heavy (non-hydrogen) atoms. The van der Waals surface area contributed by atoms with Crippen LogP contribution in [0, 0.1) is 10.1 Å². The van der Waals surface area contributed by atoms with Gasteiger partial charge in [0.15, 0.2) is 0 Å². The largest absolute Gasteiger partial charge is 0.460 e. The van der Waals surface area contributed by atoms with E-state index in [1.165, 1.54) is 0 Å². The SMILES string of the molecule is CCC(CCCCCC(=O)OC(C)(C)C)[N+](=O)[O-]. The molecule has 0 aromatic carbocycles. The van der Waals surface area contributed by atoms with Crippen LogP contribution in [0.5, 0.6) is 0 Å². The Morgan fingerprint density at radius 1 is 1.28 bits per heavy atom. The van der Waals surface area contributed by atoms with Crippen LogP contribution in [0.15, 0.2) is 0 Å². The van der Waals surface area contributed by atoms with Crippen molar-refractivity contribution < 1.29 is 14.5 Å². The molecule has 5 nitrogen and oxygen atoms in total. The first-order chi connectivity index (χ1) is 8.26. The van der Waals surface area contributed by atoms with Crippen molar-refractivity contribution in [2.75, 3.05) is 0 Å². The number of nitro groups is 1. The summed E-state index contributed by atoms with van der Waals surface area (Å²) >= 11 is 0. The third-order valence-corrected chi connectivity index (χ3v) is 2.61. The first-order valence-electron chi connectivity index (χ1n) is 6.61. The number of rotatable bonds is 8. The van der Waals surface area contributed by atoms with Gasteiger partial charge in [-0.2, -0.15) is 0 Å². The molecule has 0 rings (SSSR count). The van der Waals surface area contributed by atoms with Crippen molar-refractivity contribution in [2.24, 2.45) is 0 Å². The van der Waals surface area contributed by atoms with Gasteiger partial charge in [-0.15, -0.1) is 0 Å². The molecular weight excluding hydrogens is 234 g/mol. The first-order valence-corrected chi connectivity index (χ1v) is 6.61. The van der Waals surface area contributed by atoms with Gasteiger partial charge in [-0.25, -0.2) is 0 Å². The maximum Gasteiger partial charge on any atom is 0.306 e. The van der Waals surface area contributed by atoms with Gasteiger partial charge < -0.3 is 4.74 Å². The van der Waals surface area contributed by atoms with E-state index in [1.54, 1.807) is 0 Å². The van der Waals surface area contributed by atoms with Gasteiger partial charge in [0.25, 0.3) is 0 Å². The number of esters is 1. The molecule has 0 aromatic rings. The summed E-state index contributed by atoms with van der Waals surface area (Å²) in [6, 6.07) is -0.438. The van der Waals surface area contributed by atoms with Gasteiger partial charge in [-0.3, -0.25) is 14.9 Å². The van der Waals surface area contributed by atoms with E-state index >= 15 is 0 Å². The van der Waals surface area contributed by atoms with Crippen LogP contribution in [-0.2, 0) is 9.53 Å². The molecule has 0 amide bonds. The summed E-state index contributed by atoms with van der Waals surface area (Å²) in [6.45, 7) is 7.35. The van der Waals surface area contributed by atoms with E-state index in [-0.39, 0.29) is 10.9 Å². The lowest BCUT2D eigenvalue weighted by Gasteiger charge is -2.19. The van der Waals surface area contributed by atoms with Gasteiger partial charge in [-0.1, -0.05) is 13.3 Å². The molecule has 0 aromatic heterocycles. The average molecular weight is 259 g/mol. The van der Waals surface area contributed by atoms with Crippen molar-refractivity contribution in [2.45, 2.75) is 77.9 Å². The number of carbonyl (C=O) groups is 1. The van der Waals surface area contributed by atoms with E-state index in [0.29, 0.717) is 19.3 Å². The number of hydrogen-bond acceptors (Lipinski definition) is 4. The van der Waals surface area contributed by atoms with Crippen molar-refractivity contribution >= 4 is 5.97 Å². The van der Waals surface area contributed by atoms with Crippen LogP contribution in [0.2, 0.25) is 0 Å². The van der Waals surface area contributed by atoms with E-state index in [0.717, 1.165) is 19.3 Å². The van der Waals surface area contributed by atoms with Crippen molar-refractivity contribution in [3.05, 3.63) is 10.1 Å². The normalized spacial score (nSPS) is 13.1. The number of hydrogen-bond donors (Lipinski definition) is 0. The predicted molar refractivity (Wildman–Crippen MR) is 70.0 cm³/mol. The maximum absolute atomic E-state index is 11.4. The van der Waals surface area contributed by atoms with Gasteiger partial charge in [0.2, 0.25) is 6.04 Å². The Bertz CT molecular complexity index is 271. The van der Waals surface area contributed by atoms with Gasteiger partial charge in [-0.05, 0) is 33.6 Å². The molecule has 0 heterocycles. The molecule has 0 fully saturated rings. The lowest BCUT2D eigenvalue weighted by Crippen LogP contribution is -2.23. The molecule has 106 valence electrons. The Morgan fingerprint density at radius 3 is 2.33 bits per heavy atom. The summed E-state index contributed by atoms with van der Waals surface area (Å²) in [6.07, 6.45) is 3.93. The predicted octanol–water partition coefficient (Wildman–Crippen LogP) is 3.33. The third-order valence-electron chi connectivity index (χ3n) is 2.61. The topological polar surface area (TPSA) is 69.4 Å². The molecule has 0 bridgehead atoms. The molecule has 0 aliphatic carbocycles. The summed E-state index contributed by atoms with van der Waals surface area (Å²) < 4.78 is 5.18. The molecular formula is C13H25NO4. The van der Waals surface area contributed by atoms with Crippen LogP contribution in [0.4, 0.5) is 0 Å². The first kappa shape index (κ1) is 16.9. The Kier molecular flexibility index (Phi) is 7.55. The molecule has 0 spiro atoms. The van der Waals surface area contributed by atoms with Gasteiger partial charge in [0.1, 0.15) is 5.60 Å². The highest BCUT2D eigenvalue weighted by Crippen LogP contribution is 2.13. The Balaban J connectivity index is 3.62. The second-order valence-corrected chi connectivity index (χ2v) is 5.53. The van der Waals surface area contributed by atoms with Crippen molar-refractivity contribution in [3.63, 3.8) is 0 Å². The van der Waals surface area contributed by atoms with E-state index < -0.39 is 11.6 Å². The fourth-order valence-electron chi connectivity index (χ4n) is 1.68. The lowest BCUT2D eigenvalue weighted by atomic mass is 10.1. The summed E-state index contributed by atoms with van der Waals surface area (Å²) in [5.74, 6) is -0.191. The number of unbranched alkanes of at least 4 members (excludes halogenated alkanes) is 2. The molecule has 0 N–H and O–H groups in total. The van der Waals surface area contributed by atoms with Crippen molar-refractivity contribution in [1.82, 2.24) is 0 Å². The van der Waals surface area contributed by atoms with Crippen LogP contribution in [0.1, 0.15) is 66.2 Å². The highest BCUT2D eigenvalue weighted by Gasteiger charge is 2.17. The highest BCUT2D eigenvalue weighted by molar-refractivity contribution is 5.69. The molecule has 0 saturated carbocycles. The Labute approximate surface area is 109 Å². The molecule has 0 saturated heterocycles. The highest BCUT2D eigenvalue weighted by atomic mass is 16.6. The zero-order valence-corrected chi connectivity index (χ0v) is 11.9. The minimum Gasteiger partial charge on any atom is -0.460 e. The Hall–Kier alpha value is -1.13. The van der Waals surface area contributed by atoms with Gasteiger partial charge >= 0.3 is 5.97 Å². The van der Waals surface area contributed by atoms with Crippen molar-refractivity contribution in [1.29, 1.82) is 0 Å². The van der Waals surface area contributed by atoms with E-state index in [4.69, 9.17) is 4.74 Å². The summed E-state index contributed by atoms with van der Waals surface area (Å²) in [5.41, 5.74) is -0.435. The quantitative estimate of drug-likeness (QED) is 0.290. The Morgan fingerprint density at radius 2 is 1.89 bits per heavy atom. The van der Waals surface area contributed by atoms with Crippen LogP contribution >= 0.6 is 0 Å². The van der Waals surface area contributed by atoms with Crippen LogP contribution in [-0.4, -0.2) is 22.5 Å². The standard InChI is InChI=1S/C13H25NO4/c1-5-11(14(16)17)9-7-6-8-10-12(15)18-13(2,3)4/h11H,5-10H2,1-4H3. The molecule has 1 atom stereocenters. The second kappa shape index (κ2) is 8.06. The van der Waals surface area contributed by atoms with Crippen LogP contribution in [0.25, 0.3) is 0 Å². The fraction of sp³-hybridized carbons (Fsp3) is 0.923. The number of carbonyl (C=O) groups excluding carboxylic acids is 1.